The third-order valence-corrected chi connectivity index (χ3v) is 3.26. The van der Waals surface area contributed by atoms with E-state index in [4.69, 9.17) is 5.11 Å². The van der Waals surface area contributed by atoms with Gasteiger partial charge in [0, 0.05) is 24.3 Å². The van der Waals surface area contributed by atoms with Gasteiger partial charge in [-0.25, -0.2) is 19.1 Å². The molecule has 2 N–H and O–H groups in total. The van der Waals surface area contributed by atoms with Gasteiger partial charge in [-0.05, 0) is 17.7 Å². The van der Waals surface area contributed by atoms with Gasteiger partial charge < -0.3 is 14.8 Å². The molecule has 0 aliphatic carbocycles. The van der Waals surface area contributed by atoms with Gasteiger partial charge in [0.15, 0.2) is 0 Å². The van der Waals surface area contributed by atoms with Crippen molar-refractivity contribution in [2.75, 3.05) is 0 Å². The Morgan fingerprint density at radius 2 is 2.05 bits per heavy atom. The Labute approximate surface area is 118 Å². The maximum atomic E-state index is 11.3. The number of rotatable bonds is 3. The van der Waals surface area contributed by atoms with Crippen LogP contribution in [0, 0.1) is 0 Å². The second-order valence-electron chi connectivity index (χ2n) is 4.54. The number of carbonyl (C=O) groups is 2. The van der Waals surface area contributed by atoms with Crippen molar-refractivity contribution in [1.29, 1.82) is 0 Å². The minimum absolute atomic E-state index is 0.268. The van der Waals surface area contributed by atoms with Gasteiger partial charge in [0.25, 0.3) is 0 Å². The molecule has 0 atom stereocenters. The fourth-order valence-corrected chi connectivity index (χ4v) is 2.37. The zero-order valence-electron chi connectivity index (χ0n) is 10.8. The lowest BCUT2D eigenvalue weighted by atomic mass is 10.1. The molecule has 3 rings (SSSR count). The molecule has 7 heteroatoms. The molecule has 2 aromatic heterocycles. The lowest BCUT2D eigenvalue weighted by Gasteiger charge is -2.05. The Bertz CT molecular complexity index is 833. The summed E-state index contributed by atoms with van der Waals surface area (Å²) in [6, 6.07) is 6.52. The van der Waals surface area contributed by atoms with E-state index in [1.807, 2.05) is 10.6 Å². The highest BCUT2D eigenvalue weighted by molar-refractivity contribution is 6.01. The first-order chi connectivity index (χ1) is 10.1. The quantitative estimate of drug-likeness (QED) is 0.768. The zero-order chi connectivity index (χ0) is 15.0. The second kappa shape index (κ2) is 4.78. The molecule has 0 saturated carbocycles. The minimum Gasteiger partial charge on any atom is -0.477 e. The fraction of sp³-hybridized carbons (Fsp3) is 0.0714. The van der Waals surface area contributed by atoms with Crippen LogP contribution >= 0.6 is 0 Å². The molecule has 0 fully saturated rings. The van der Waals surface area contributed by atoms with E-state index >= 15 is 0 Å². The number of fused-ring (bicyclic) bond motifs is 1. The van der Waals surface area contributed by atoms with Gasteiger partial charge in [-0.2, -0.15) is 0 Å². The molecule has 0 aliphatic heterocycles. The van der Waals surface area contributed by atoms with Crippen LogP contribution < -0.4 is 0 Å². The Morgan fingerprint density at radius 3 is 2.67 bits per heavy atom. The largest absolute Gasteiger partial charge is 0.477 e. The average Bonchev–Trinajstić information content (AvgIpc) is 3.05. The molecule has 0 spiro atoms. The monoisotopic (exact) mass is 285 g/mol. The van der Waals surface area contributed by atoms with Crippen molar-refractivity contribution in [2.45, 2.75) is 6.54 Å². The molecule has 0 saturated heterocycles. The van der Waals surface area contributed by atoms with Gasteiger partial charge in [0.1, 0.15) is 5.69 Å². The molecule has 2 heterocycles. The first-order valence-electron chi connectivity index (χ1n) is 6.13. The maximum Gasteiger partial charge on any atom is 0.416 e. The summed E-state index contributed by atoms with van der Waals surface area (Å²) in [5.41, 5.74) is 0.918. The number of carboxylic acid groups (broad SMARTS) is 2. The van der Waals surface area contributed by atoms with Crippen LogP contribution in [0.1, 0.15) is 16.1 Å². The molecule has 0 amide bonds. The van der Waals surface area contributed by atoms with Crippen LogP contribution in [-0.4, -0.2) is 36.4 Å². The molecule has 0 radical (unpaired) electrons. The summed E-state index contributed by atoms with van der Waals surface area (Å²) >= 11 is 0. The maximum absolute atomic E-state index is 11.3. The highest BCUT2D eigenvalue weighted by Crippen LogP contribution is 2.24. The summed E-state index contributed by atoms with van der Waals surface area (Å²) in [6.45, 7) is 0.486. The normalized spacial score (nSPS) is 10.9. The summed E-state index contributed by atoms with van der Waals surface area (Å²) in [7, 11) is 0. The minimum atomic E-state index is -1.32. The van der Waals surface area contributed by atoms with Crippen molar-refractivity contribution in [3.05, 3.63) is 54.2 Å². The first-order valence-corrected chi connectivity index (χ1v) is 6.13. The van der Waals surface area contributed by atoms with Crippen molar-refractivity contribution in [1.82, 2.24) is 14.1 Å². The third kappa shape index (κ3) is 2.14. The Kier molecular flexibility index (Phi) is 2.94. The lowest BCUT2D eigenvalue weighted by molar-refractivity contribution is 0.0685. The van der Waals surface area contributed by atoms with Crippen LogP contribution in [0.3, 0.4) is 0 Å². The van der Waals surface area contributed by atoms with Crippen LogP contribution in [0.5, 0.6) is 0 Å². The van der Waals surface area contributed by atoms with Gasteiger partial charge in [0.2, 0.25) is 0 Å². The van der Waals surface area contributed by atoms with E-state index in [1.165, 1.54) is 6.07 Å². The van der Waals surface area contributed by atoms with Crippen molar-refractivity contribution in [3.8, 4) is 0 Å². The van der Waals surface area contributed by atoms with Gasteiger partial charge in [-0.15, -0.1) is 0 Å². The number of aromatic nitrogens is 3. The topological polar surface area (TPSA) is 97.4 Å². The van der Waals surface area contributed by atoms with E-state index in [9.17, 15) is 14.7 Å². The smallest absolute Gasteiger partial charge is 0.416 e. The van der Waals surface area contributed by atoms with Gasteiger partial charge in [0.05, 0.1) is 11.8 Å². The average molecular weight is 285 g/mol. The molecule has 3 aromatic rings. The van der Waals surface area contributed by atoms with Crippen LogP contribution in [-0.2, 0) is 6.54 Å². The summed E-state index contributed by atoms with van der Waals surface area (Å²) in [6.07, 6.45) is 3.75. The number of aromatic carboxylic acids is 1. The molecule has 0 bridgehead atoms. The van der Waals surface area contributed by atoms with E-state index in [1.54, 1.807) is 30.9 Å². The molecule has 106 valence electrons. The predicted molar refractivity (Wildman–Crippen MR) is 73.6 cm³/mol. The van der Waals surface area contributed by atoms with Crippen LogP contribution in [0.15, 0.2) is 43.0 Å². The van der Waals surface area contributed by atoms with Gasteiger partial charge >= 0.3 is 12.1 Å². The summed E-state index contributed by atoms with van der Waals surface area (Å²) in [5.74, 6) is -1.28. The molecule has 7 nitrogen and oxygen atoms in total. The number of carboxylic acids is 1. The summed E-state index contributed by atoms with van der Waals surface area (Å²) in [4.78, 5) is 26.5. The molecule has 0 aliphatic rings. The van der Waals surface area contributed by atoms with Gasteiger partial charge in [-0.3, -0.25) is 0 Å². The van der Waals surface area contributed by atoms with E-state index in [-0.39, 0.29) is 5.69 Å². The van der Waals surface area contributed by atoms with Crippen LogP contribution in [0.2, 0.25) is 0 Å². The molecular weight excluding hydrogens is 274 g/mol. The Hall–Kier alpha value is -3.09. The van der Waals surface area contributed by atoms with Crippen LogP contribution in [0.25, 0.3) is 10.9 Å². The Balaban J connectivity index is 2.22. The van der Waals surface area contributed by atoms with Crippen LogP contribution in [0.4, 0.5) is 4.79 Å². The van der Waals surface area contributed by atoms with E-state index in [0.717, 1.165) is 10.1 Å². The molecule has 21 heavy (non-hydrogen) atoms. The summed E-state index contributed by atoms with van der Waals surface area (Å²) < 4.78 is 2.61. The number of imidazole rings is 1. The zero-order valence-corrected chi connectivity index (χ0v) is 10.8. The fourth-order valence-electron chi connectivity index (χ4n) is 2.37. The second-order valence-corrected chi connectivity index (χ2v) is 4.54. The van der Waals surface area contributed by atoms with Crippen molar-refractivity contribution >= 4 is 23.0 Å². The number of benzene rings is 1. The lowest BCUT2D eigenvalue weighted by Crippen LogP contribution is -2.14. The third-order valence-electron chi connectivity index (χ3n) is 3.26. The van der Waals surface area contributed by atoms with Crippen molar-refractivity contribution in [3.63, 3.8) is 0 Å². The number of nitrogens with zero attached hydrogens (tertiary/aromatic N) is 3. The van der Waals surface area contributed by atoms with Crippen molar-refractivity contribution < 1.29 is 19.8 Å². The molecule has 1 aromatic carbocycles. The molecule has 0 unspecified atom stereocenters. The molecular formula is C14H11N3O4. The van der Waals surface area contributed by atoms with E-state index < -0.39 is 12.1 Å². The standard InChI is InChI=1S/C14H11N3O4/c18-13(19)12-6-10-9(7-16-5-4-15-8-16)2-1-3-11(10)17(12)14(20)21/h1-6,8H,7H2,(H,18,19)(H,20,21). The Morgan fingerprint density at radius 1 is 1.24 bits per heavy atom. The van der Waals surface area contributed by atoms with E-state index in [2.05, 4.69) is 4.98 Å². The number of hydrogen-bond acceptors (Lipinski definition) is 3. The first kappa shape index (κ1) is 12.9. The highest BCUT2D eigenvalue weighted by Gasteiger charge is 2.20. The van der Waals surface area contributed by atoms with E-state index in [0.29, 0.717) is 17.4 Å². The summed E-state index contributed by atoms with van der Waals surface area (Å²) in [5, 5.41) is 19.0. The number of hydrogen-bond donors (Lipinski definition) is 2. The van der Waals surface area contributed by atoms with Crippen molar-refractivity contribution in [2.24, 2.45) is 0 Å². The predicted octanol–water partition coefficient (Wildman–Crippen LogP) is 2.11. The highest BCUT2D eigenvalue weighted by atomic mass is 16.4. The van der Waals surface area contributed by atoms with Gasteiger partial charge in [-0.1, -0.05) is 12.1 Å². The SMILES string of the molecule is O=C(O)c1cc2c(Cn3ccnc3)cccc2n1C(=O)O.